The summed E-state index contributed by atoms with van der Waals surface area (Å²) in [6.45, 7) is 6.03. The zero-order valence-corrected chi connectivity index (χ0v) is 8.83. The molecule has 0 aromatic carbocycles. The first-order valence-corrected chi connectivity index (χ1v) is 4.81. The summed E-state index contributed by atoms with van der Waals surface area (Å²) in [4.78, 5) is 15.6. The third-order valence-corrected chi connectivity index (χ3v) is 2.05. The van der Waals surface area contributed by atoms with Crippen LogP contribution in [0.3, 0.4) is 0 Å². The van der Waals surface area contributed by atoms with Crippen LogP contribution >= 0.6 is 0 Å². The van der Waals surface area contributed by atoms with E-state index in [-0.39, 0.29) is 5.97 Å². The van der Waals surface area contributed by atoms with Crippen molar-refractivity contribution in [2.24, 2.45) is 0 Å². The largest absolute Gasteiger partial charge is 0.462 e. The normalized spacial score (nSPS) is 9.93. The van der Waals surface area contributed by atoms with Gasteiger partial charge in [0, 0.05) is 6.20 Å². The molecule has 0 amide bonds. The third-order valence-electron chi connectivity index (χ3n) is 2.05. The second-order valence-electron chi connectivity index (χ2n) is 3.05. The van der Waals surface area contributed by atoms with Crippen molar-refractivity contribution in [3.8, 4) is 0 Å². The fourth-order valence-corrected chi connectivity index (χ4v) is 1.19. The van der Waals surface area contributed by atoms with Crippen LogP contribution in [0.15, 0.2) is 12.3 Å². The lowest BCUT2D eigenvalue weighted by Gasteiger charge is -2.05. The standard InChI is InChI=1S/C11H15NO2/c1-4-9-6-10(8(3)12-7-9)11(13)14-5-2/h6-7H,4-5H2,1-3H3. The molecule has 0 saturated heterocycles. The first kappa shape index (κ1) is 10.7. The molecule has 1 heterocycles. The van der Waals surface area contributed by atoms with Crippen molar-refractivity contribution >= 4 is 5.97 Å². The number of esters is 1. The van der Waals surface area contributed by atoms with Crippen LogP contribution in [0.1, 0.15) is 35.5 Å². The van der Waals surface area contributed by atoms with Gasteiger partial charge in [-0.1, -0.05) is 6.92 Å². The van der Waals surface area contributed by atoms with Gasteiger partial charge in [-0.05, 0) is 31.9 Å². The molecule has 76 valence electrons. The predicted molar refractivity (Wildman–Crippen MR) is 54.3 cm³/mol. The fraction of sp³-hybridized carbons (Fsp3) is 0.455. The summed E-state index contributed by atoms with van der Waals surface area (Å²) in [5.41, 5.74) is 2.35. The van der Waals surface area contributed by atoms with Crippen LogP contribution in [-0.2, 0) is 11.2 Å². The molecule has 0 fully saturated rings. The minimum atomic E-state index is -0.284. The molecule has 0 aliphatic rings. The van der Waals surface area contributed by atoms with Gasteiger partial charge in [-0.3, -0.25) is 4.98 Å². The Labute approximate surface area is 84.1 Å². The molecule has 1 aromatic heterocycles. The SMILES string of the molecule is CCOC(=O)c1cc(CC)cnc1C. The molecule has 0 radical (unpaired) electrons. The third kappa shape index (κ3) is 2.31. The van der Waals surface area contributed by atoms with E-state index >= 15 is 0 Å². The summed E-state index contributed by atoms with van der Waals surface area (Å²) < 4.78 is 4.93. The zero-order valence-electron chi connectivity index (χ0n) is 8.83. The van der Waals surface area contributed by atoms with E-state index in [9.17, 15) is 4.79 Å². The van der Waals surface area contributed by atoms with Gasteiger partial charge < -0.3 is 4.74 Å². The number of pyridine rings is 1. The van der Waals surface area contributed by atoms with Gasteiger partial charge in [0.15, 0.2) is 0 Å². The van der Waals surface area contributed by atoms with E-state index in [4.69, 9.17) is 4.74 Å². The molecule has 0 atom stereocenters. The second kappa shape index (κ2) is 4.74. The van der Waals surface area contributed by atoms with Crippen molar-refractivity contribution in [2.75, 3.05) is 6.61 Å². The van der Waals surface area contributed by atoms with Crippen molar-refractivity contribution in [3.63, 3.8) is 0 Å². The topological polar surface area (TPSA) is 39.2 Å². The second-order valence-corrected chi connectivity index (χ2v) is 3.05. The zero-order chi connectivity index (χ0) is 10.6. The molecule has 14 heavy (non-hydrogen) atoms. The number of hydrogen-bond acceptors (Lipinski definition) is 3. The lowest BCUT2D eigenvalue weighted by atomic mass is 10.1. The van der Waals surface area contributed by atoms with E-state index < -0.39 is 0 Å². The van der Waals surface area contributed by atoms with Crippen molar-refractivity contribution in [1.29, 1.82) is 0 Å². The molecule has 0 N–H and O–H groups in total. The van der Waals surface area contributed by atoms with Gasteiger partial charge in [0.05, 0.1) is 17.9 Å². The molecule has 0 saturated carbocycles. The number of aryl methyl sites for hydroxylation is 2. The number of hydrogen-bond donors (Lipinski definition) is 0. The molecule has 0 bridgehead atoms. The molecule has 0 aliphatic carbocycles. The van der Waals surface area contributed by atoms with E-state index in [1.165, 1.54) is 0 Å². The van der Waals surface area contributed by atoms with Gasteiger partial charge in [0.2, 0.25) is 0 Å². The highest BCUT2D eigenvalue weighted by atomic mass is 16.5. The average Bonchev–Trinajstić information content (AvgIpc) is 2.19. The van der Waals surface area contributed by atoms with Crippen LogP contribution < -0.4 is 0 Å². The summed E-state index contributed by atoms with van der Waals surface area (Å²) in [5, 5.41) is 0. The summed E-state index contributed by atoms with van der Waals surface area (Å²) in [6, 6.07) is 1.85. The molecular formula is C11H15NO2. The monoisotopic (exact) mass is 193 g/mol. The Morgan fingerprint density at radius 2 is 2.21 bits per heavy atom. The lowest BCUT2D eigenvalue weighted by molar-refractivity contribution is 0.0525. The van der Waals surface area contributed by atoms with Crippen LogP contribution in [-0.4, -0.2) is 17.6 Å². The van der Waals surface area contributed by atoms with Crippen molar-refractivity contribution in [1.82, 2.24) is 4.98 Å². The minimum Gasteiger partial charge on any atom is -0.462 e. The van der Waals surface area contributed by atoms with Crippen LogP contribution in [0.4, 0.5) is 0 Å². The van der Waals surface area contributed by atoms with Gasteiger partial charge in [0.25, 0.3) is 0 Å². The molecule has 0 aliphatic heterocycles. The van der Waals surface area contributed by atoms with Crippen molar-refractivity contribution in [2.45, 2.75) is 27.2 Å². The van der Waals surface area contributed by atoms with Gasteiger partial charge in [-0.15, -0.1) is 0 Å². The Hall–Kier alpha value is -1.38. The number of nitrogens with zero attached hydrogens (tertiary/aromatic N) is 1. The first-order valence-electron chi connectivity index (χ1n) is 4.81. The summed E-state index contributed by atoms with van der Waals surface area (Å²) in [6.07, 6.45) is 2.66. The predicted octanol–water partition coefficient (Wildman–Crippen LogP) is 2.13. The highest BCUT2D eigenvalue weighted by molar-refractivity contribution is 5.90. The molecule has 0 unspecified atom stereocenters. The Balaban J connectivity index is 2.99. The Kier molecular flexibility index (Phi) is 3.63. The van der Waals surface area contributed by atoms with E-state index in [0.717, 1.165) is 17.7 Å². The Bertz CT molecular complexity index is 334. The maximum Gasteiger partial charge on any atom is 0.339 e. The van der Waals surface area contributed by atoms with E-state index in [1.54, 1.807) is 13.1 Å². The highest BCUT2D eigenvalue weighted by Gasteiger charge is 2.10. The fourth-order valence-electron chi connectivity index (χ4n) is 1.19. The highest BCUT2D eigenvalue weighted by Crippen LogP contribution is 2.10. The number of ether oxygens (including phenoxy) is 1. The van der Waals surface area contributed by atoms with Crippen LogP contribution in [0, 0.1) is 6.92 Å². The summed E-state index contributed by atoms with van der Waals surface area (Å²) in [5.74, 6) is -0.284. The molecule has 3 nitrogen and oxygen atoms in total. The Morgan fingerprint density at radius 3 is 2.79 bits per heavy atom. The van der Waals surface area contributed by atoms with E-state index in [0.29, 0.717) is 12.2 Å². The lowest BCUT2D eigenvalue weighted by Crippen LogP contribution is -2.08. The van der Waals surface area contributed by atoms with Crippen molar-refractivity contribution < 1.29 is 9.53 Å². The summed E-state index contributed by atoms with van der Waals surface area (Å²) in [7, 11) is 0. The van der Waals surface area contributed by atoms with E-state index in [1.807, 2.05) is 19.9 Å². The summed E-state index contributed by atoms with van der Waals surface area (Å²) >= 11 is 0. The molecule has 1 aromatic rings. The van der Waals surface area contributed by atoms with Crippen LogP contribution in [0.2, 0.25) is 0 Å². The first-order chi connectivity index (χ1) is 6.69. The van der Waals surface area contributed by atoms with Crippen LogP contribution in [0.25, 0.3) is 0 Å². The number of aromatic nitrogens is 1. The number of carbonyl (C=O) groups excluding carboxylic acids is 1. The molecular weight excluding hydrogens is 178 g/mol. The van der Waals surface area contributed by atoms with Gasteiger partial charge in [-0.2, -0.15) is 0 Å². The van der Waals surface area contributed by atoms with Gasteiger partial charge in [-0.25, -0.2) is 4.79 Å². The number of rotatable bonds is 3. The van der Waals surface area contributed by atoms with Crippen LogP contribution in [0.5, 0.6) is 0 Å². The number of carbonyl (C=O) groups is 1. The van der Waals surface area contributed by atoms with E-state index in [2.05, 4.69) is 4.98 Å². The van der Waals surface area contributed by atoms with Crippen molar-refractivity contribution in [3.05, 3.63) is 29.1 Å². The molecule has 0 spiro atoms. The molecule has 1 rings (SSSR count). The van der Waals surface area contributed by atoms with Gasteiger partial charge in [0.1, 0.15) is 0 Å². The molecule has 3 heteroatoms. The maximum absolute atomic E-state index is 11.5. The maximum atomic E-state index is 11.5. The quantitative estimate of drug-likeness (QED) is 0.690. The Morgan fingerprint density at radius 1 is 1.50 bits per heavy atom. The van der Waals surface area contributed by atoms with Gasteiger partial charge >= 0.3 is 5.97 Å². The smallest absolute Gasteiger partial charge is 0.339 e. The minimum absolute atomic E-state index is 0.284. The average molecular weight is 193 g/mol.